The van der Waals surface area contributed by atoms with Gasteiger partial charge in [0.15, 0.2) is 11.5 Å². The topological polar surface area (TPSA) is 56.8 Å². The van der Waals surface area contributed by atoms with E-state index >= 15 is 0 Å². The molecule has 1 N–H and O–H groups in total. The number of carbonyl (C=O) groups is 1. The number of fused-ring (bicyclic) bond motifs is 1. The zero-order chi connectivity index (χ0) is 12.5. The molecule has 0 aromatic heterocycles. The molecule has 1 aromatic rings. The first-order chi connectivity index (χ1) is 8.03. The number of benzene rings is 1. The van der Waals surface area contributed by atoms with Crippen molar-refractivity contribution in [3.63, 3.8) is 0 Å². The summed E-state index contributed by atoms with van der Waals surface area (Å²) in [6.07, 6.45) is 0. The molecule has 0 amide bonds. The van der Waals surface area contributed by atoms with Crippen LogP contribution < -0.4 is 14.8 Å². The molecule has 0 aliphatic carbocycles. The molecule has 1 aromatic carbocycles. The summed E-state index contributed by atoms with van der Waals surface area (Å²) in [6, 6.07) is 5.43. The predicted octanol–water partition coefficient (Wildman–Crippen LogP) is 1.78. The van der Waals surface area contributed by atoms with Crippen molar-refractivity contribution in [2.75, 3.05) is 19.2 Å². The van der Waals surface area contributed by atoms with Gasteiger partial charge in [0.1, 0.15) is 5.54 Å². The van der Waals surface area contributed by atoms with E-state index in [1.54, 1.807) is 26.0 Å². The van der Waals surface area contributed by atoms with Gasteiger partial charge in [0, 0.05) is 11.8 Å². The van der Waals surface area contributed by atoms with Crippen LogP contribution in [0.4, 0.5) is 5.69 Å². The summed E-state index contributed by atoms with van der Waals surface area (Å²) in [5.74, 6) is 1.07. The second kappa shape index (κ2) is 4.16. The number of hydrogen-bond donors (Lipinski definition) is 1. The lowest BCUT2D eigenvalue weighted by molar-refractivity contribution is -0.144. The molecule has 0 atom stereocenters. The van der Waals surface area contributed by atoms with Crippen LogP contribution in [0, 0.1) is 0 Å². The molecule has 0 fully saturated rings. The number of rotatable bonds is 3. The standard InChI is InChI=1S/C12H15NO4/c1-12(2,11(14)15-3)13-8-4-5-9-10(6-8)17-7-16-9/h4-6,13H,7H2,1-3H3. The number of nitrogens with one attached hydrogen (secondary N) is 1. The van der Waals surface area contributed by atoms with Gasteiger partial charge in [0.2, 0.25) is 6.79 Å². The van der Waals surface area contributed by atoms with E-state index in [4.69, 9.17) is 14.2 Å². The van der Waals surface area contributed by atoms with Crippen molar-refractivity contribution in [3.05, 3.63) is 18.2 Å². The summed E-state index contributed by atoms with van der Waals surface area (Å²) in [7, 11) is 1.37. The number of anilines is 1. The predicted molar refractivity (Wildman–Crippen MR) is 62.3 cm³/mol. The molecule has 5 heteroatoms. The lowest BCUT2D eigenvalue weighted by Crippen LogP contribution is -2.41. The van der Waals surface area contributed by atoms with Crippen molar-refractivity contribution >= 4 is 11.7 Å². The van der Waals surface area contributed by atoms with Gasteiger partial charge in [-0.05, 0) is 26.0 Å². The van der Waals surface area contributed by atoms with Gasteiger partial charge in [-0.2, -0.15) is 0 Å². The van der Waals surface area contributed by atoms with E-state index < -0.39 is 5.54 Å². The third kappa shape index (κ3) is 2.27. The van der Waals surface area contributed by atoms with Gasteiger partial charge < -0.3 is 19.5 Å². The largest absolute Gasteiger partial charge is 0.467 e. The first-order valence-electron chi connectivity index (χ1n) is 5.29. The van der Waals surface area contributed by atoms with Crippen LogP contribution in [0.15, 0.2) is 18.2 Å². The fourth-order valence-electron chi connectivity index (χ4n) is 1.64. The highest BCUT2D eigenvalue weighted by molar-refractivity contribution is 5.83. The molecule has 92 valence electrons. The maximum absolute atomic E-state index is 11.5. The van der Waals surface area contributed by atoms with E-state index in [9.17, 15) is 4.79 Å². The molecule has 0 spiro atoms. The SMILES string of the molecule is COC(=O)C(C)(C)Nc1ccc2c(c1)OCO2. The Morgan fingerprint density at radius 3 is 2.76 bits per heavy atom. The van der Waals surface area contributed by atoms with Gasteiger partial charge in [0.25, 0.3) is 0 Å². The molecule has 2 rings (SSSR count). The van der Waals surface area contributed by atoms with E-state index in [2.05, 4.69) is 5.32 Å². The van der Waals surface area contributed by atoms with Crippen molar-refractivity contribution in [2.45, 2.75) is 19.4 Å². The number of methoxy groups -OCH3 is 1. The minimum atomic E-state index is -0.789. The summed E-state index contributed by atoms with van der Waals surface area (Å²) >= 11 is 0. The minimum Gasteiger partial charge on any atom is -0.467 e. The van der Waals surface area contributed by atoms with E-state index in [0.29, 0.717) is 11.5 Å². The van der Waals surface area contributed by atoms with Gasteiger partial charge in [-0.15, -0.1) is 0 Å². The summed E-state index contributed by atoms with van der Waals surface area (Å²) in [5.41, 5.74) is -0.00715. The Balaban J connectivity index is 2.16. The number of carbonyl (C=O) groups excluding carboxylic acids is 1. The molecule has 17 heavy (non-hydrogen) atoms. The molecule has 1 aliphatic rings. The highest BCUT2D eigenvalue weighted by Crippen LogP contribution is 2.34. The monoisotopic (exact) mass is 237 g/mol. The average molecular weight is 237 g/mol. The third-order valence-corrected chi connectivity index (χ3v) is 2.53. The van der Waals surface area contributed by atoms with Crippen molar-refractivity contribution in [2.24, 2.45) is 0 Å². The molecule has 0 saturated heterocycles. The van der Waals surface area contributed by atoms with Gasteiger partial charge in [0.05, 0.1) is 7.11 Å². The maximum atomic E-state index is 11.5. The highest BCUT2D eigenvalue weighted by Gasteiger charge is 2.28. The van der Waals surface area contributed by atoms with Crippen LogP contribution in [0.1, 0.15) is 13.8 Å². The molecule has 0 radical (unpaired) electrons. The van der Waals surface area contributed by atoms with Crippen LogP contribution in [0.5, 0.6) is 11.5 Å². The first kappa shape index (κ1) is 11.6. The molecule has 0 unspecified atom stereocenters. The lowest BCUT2D eigenvalue weighted by Gasteiger charge is -2.24. The van der Waals surface area contributed by atoms with Crippen LogP contribution in [0.2, 0.25) is 0 Å². The summed E-state index contributed by atoms with van der Waals surface area (Å²) in [6.45, 7) is 3.74. The first-order valence-corrected chi connectivity index (χ1v) is 5.29. The zero-order valence-electron chi connectivity index (χ0n) is 10.1. The van der Waals surface area contributed by atoms with E-state index in [-0.39, 0.29) is 12.8 Å². The van der Waals surface area contributed by atoms with E-state index in [0.717, 1.165) is 5.69 Å². The number of esters is 1. The summed E-state index contributed by atoms with van der Waals surface area (Å²) in [4.78, 5) is 11.5. The number of hydrogen-bond acceptors (Lipinski definition) is 5. The molecule has 0 saturated carbocycles. The van der Waals surface area contributed by atoms with Crippen LogP contribution >= 0.6 is 0 Å². The maximum Gasteiger partial charge on any atom is 0.330 e. The molecule has 5 nitrogen and oxygen atoms in total. The van der Waals surface area contributed by atoms with Crippen molar-refractivity contribution < 1.29 is 19.0 Å². The molecular formula is C12H15NO4. The average Bonchev–Trinajstić information content (AvgIpc) is 2.74. The van der Waals surface area contributed by atoms with E-state index in [1.165, 1.54) is 7.11 Å². The van der Waals surface area contributed by atoms with Crippen LogP contribution in [-0.2, 0) is 9.53 Å². The van der Waals surface area contributed by atoms with Crippen LogP contribution in [0.3, 0.4) is 0 Å². The normalized spacial score (nSPS) is 13.4. The van der Waals surface area contributed by atoms with Gasteiger partial charge in [-0.25, -0.2) is 4.79 Å². The Kier molecular flexibility index (Phi) is 2.83. The smallest absolute Gasteiger partial charge is 0.330 e. The molecule has 1 aliphatic heterocycles. The van der Waals surface area contributed by atoms with Gasteiger partial charge in [-0.3, -0.25) is 0 Å². The van der Waals surface area contributed by atoms with Crippen LogP contribution in [-0.4, -0.2) is 25.4 Å². The fourth-order valence-corrected chi connectivity index (χ4v) is 1.64. The quantitative estimate of drug-likeness (QED) is 0.812. The second-order valence-electron chi connectivity index (χ2n) is 4.31. The second-order valence-corrected chi connectivity index (χ2v) is 4.31. The Hall–Kier alpha value is -1.91. The van der Waals surface area contributed by atoms with E-state index in [1.807, 2.05) is 6.07 Å². The zero-order valence-corrected chi connectivity index (χ0v) is 10.1. The summed E-state index contributed by atoms with van der Waals surface area (Å²) < 4.78 is 15.2. The molecule has 1 heterocycles. The van der Waals surface area contributed by atoms with Crippen molar-refractivity contribution in [1.29, 1.82) is 0 Å². The van der Waals surface area contributed by atoms with Gasteiger partial charge >= 0.3 is 5.97 Å². The van der Waals surface area contributed by atoms with Crippen molar-refractivity contribution in [3.8, 4) is 11.5 Å². The summed E-state index contributed by atoms with van der Waals surface area (Å²) in [5, 5.41) is 3.09. The third-order valence-electron chi connectivity index (χ3n) is 2.53. The number of ether oxygens (including phenoxy) is 3. The molecule has 0 bridgehead atoms. The fraction of sp³-hybridized carbons (Fsp3) is 0.417. The highest BCUT2D eigenvalue weighted by atomic mass is 16.7. The Labute approximate surface area is 99.7 Å². The van der Waals surface area contributed by atoms with Crippen molar-refractivity contribution in [1.82, 2.24) is 0 Å². The Morgan fingerprint density at radius 1 is 1.35 bits per heavy atom. The minimum absolute atomic E-state index is 0.235. The van der Waals surface area contributed by atoms with Gasteiger partial charge in [-0.1, -0.05) is 0 Å². The Bertz CT molecular complexity index is 442. The lowest BCUT2D eigenvalue weighted by atomic mass is 10.1. The Morgan fingerprint density at radius 2 is 2.06 bits per heavy atom. The molecular weight excluding hydrogens is 222 g/mol. The van der Waals surface area contributed by atoms with Crippen LogP contribution in [0.25, 0.3) is 0 Å².